The SMILES string of the molecule is COc1ccc2c(c1OC1CCN(C(=O)OC(C)(C)C)CC1(F)F)C(O)N(COCC[Si](C)(C)C)C=N2. The fraction of sp³-hybridized carbons (Fsp3) is 0.680. The molecule has 0 spiro atoms. The first kappa shape index (κ1) is 29.1. The Morgan fingerprint density at radius 1 is 1.27 bits per heavy atom. The van der Waals surface area contributed by atoms with Gasteiger partial charge in [-0.25, -0.2) is 18.6 Å². The number of fused-ring (bicyclic) bond motifs is 1. The van der Waals surface area contributed by atoms with Gasteiger partial charge in [0.25, 0.3) is 0 Å². The molecule has 1 N–H and O–H groups in total. The van der Waals surface area contributed by atoms with Crippen LogP contribution in [0.25, 0.3) is 0 Å². The van der Waals surface area contributed by atoms with Gasteiger partial charge in [-0.3, -0.25) is 0 Å². The van der Waals surface area contributed by atoms with Crippen LogP contribution in [0.3, 0.4) is 0 Å². The molecular formula is C25H39F2N3O6Si. The maximum atomic E-state index is 15.2. The number of halogens is 2. The van der Waals surface area contributed by atoms with E-state index in [1.54, 1.807) is 32.9 Å². The molecule has 1 aromatic rings. The van der Waals surface area contributed by atoms with Crippen LogP contribution >= 0.6 is 0 Å². The van der Waals surface area contributed by atoms with E-state index >= 15 is 8.78 Å². The second kappa shape index (κ2) is 11.1. The van der Waals surface area contributed by atoms with Gasteiger partial charge in [0.1, 0.15) is 12.3 Å². The summed E-state index contributed by atoms with van der Waals surface area (Å²) in [6.07, 6.45) is -2.26. The molecule has 3 rings (SSSR count). The van der Waals surface area contributed by atoms with E-state index in [2.05, 4.69) is 24.6 Å². The molecular weight excluding hydrogens is 504 g/mol. The summed E-state index contributed by atoms with van der Waals surface area (Å²) in [7, 11) is 0.114. The molecule has 37 heavy (non-hydrogen) atoms. The van der Waals surface area contributed by atoms with E-state index in [0.717, 1.165) is 10.9 Å². The molecule has 2 aliphatic heterocycles. The first-order valence-corrected chi connectivity index (χ1v) is 16.1. The smallest absolute Gasteiger partial charge is 0.410 e. The number of nitrogens with zero attached hydrogens (tertiary/aromatic N) is 3. The summed E-state index contributed by atoms with van der Waals surface area (Å²) in [5.41, 5.74) is -0.186. The number of aliphatic hydroxyl groups excluding tert-OH is 1. The van der Waals surface area contributed by atoms with Gasteiger partial charge in [0, 0.05) is 27.6 Å². The number of carbonyl (C=O) groups excluding carboxylic acids is 1. The van der Waals surface area contributed by atoms with Crippen LogP contribution in [0.5, 0.6) is 11.5 Å². The largest absolute Gasteiger partial charge is 0.493 e. The molecule has 0 aliphatic carbocycles. The van der Waals surface area contributed by atoms with Crippen molar-refractivity contribution in [1.82, 2.24) is 9.80 Å². The molecule has 1 amide bonds. The van der Waals surface area contributed by atoms with Gasteiger partial charge in [-0.15, -0.1) is 0 Å². The van der Waals surface area contributed by atoms with E-state index in [4.69, 9.17) is 18.9 Å². The van der Waals surface area contributed by atoms with Gasteiger partial charge in [0.15, 0.2) is 23.8 Å². The zero-order valence-electron chi connectivity index (χ0n) is 22.7. The Kier molecular flexibility index (Phi) is 8.75. The average Bonchev–Trinajstić information content (AvgIpc) is 2.77. The predicted molar refractivity (Wildman–Crippen MR) is 139 cm³/mol. The highest BCUT2D eigenvalue weighted by Gasteiger charge is 2.49. The van der Waals surface area contributed by atoms with Crippen LogP contribution in [-0.4, -0.2) is 86.6 Å². The number of hydrogen-bond donors (Lipinski definition) is 1. The van der Waals surface area contributed by atoms with Crippen LogP contribution in [0.2, 0.25) is 25.7 Å². The standard InChI is InChI=1S/C25H39F2N3O6Si/c1-24(2,3)36-23(32)29-11-10-19(25(26,27)14-29)35-21-18(33-4)9-8-17-20(21)22(31)30(15-28-17)16-34-12-13-37(5,6)7/h8-9,15,19,22,31H,10-14,16H2,1-7H3. The lowest BCUT2D eigenvalue weighted by molar-refractivity contribution is -0.138. The van der Waals surface area contributed by atoms with E-state index in [-0.39, 0.29) is 36.8 Å². The van der Waals surface area contributed by atoms with Gasteiger partial charge >= 0.3 is 12.0 Å². The first-order valence-electron chi connectivity index (χ1n) is 12.4. The lowest BCUT2D eigenvalue weighted by Gasteiger charge is -2.39. The van der Waals surface area contributed by atoms with Gasteiger partial charge in [0.05, 0.1) is 31.2 Å². The van der Waals surface area contributed by atoms with Crippen molar-refractivity contribution < 1.29 is 37.6 Å². The lowest BCUT2D eigenvalue weighted by Crippen LogP contribution is -2.56. The lowest BCUT2D eigenvalue weighted by atomic mass is 10.0. The minimum atomic E-state index is -3.37. The van der Waals surface area contributed by atoms with Gasteiger partial charge in [-0.1, -0.05) is 19.6 Å². The first-order chi connectivity index (χ1) is 17.1. The summed E-state index contributed by atoms with van der Waals surface area (Å²) in [5, 5.41) is 11.1. The van der Waals surface area contributed by atoms with Gasteiger partial charge in [-0.05, 0) is 38.9 Å². The molecule has 208 valence electrons. The molecule has 2 atom stereocenters. The normalized spacial score (nSPS) is 21.5. The molecule has 9 nitrogen and oxygen atoms in total. The monoisotopic (exact) mass is 543 g/mol. The Hall–Kier alpha value is -2.44. The molecule has 1 aromatic carbocycles. The zero-order valence-corrected chi connectivity index (χ0v) is 23.7. The van der Waals surface area contributed by atoms with E-state index in [0.29, 0.717) is 12.3 Å². The van der Waals surface area contributed by atoms with Crippen LogP contribution in [0.1, 0.15) is 39.0 Å². The molecule has 0 aromatic heterocycles. The third-order valence-electron chi connectivity index (χ3n) is 5.96. The number of ether oxygens (including phenoxy) is 4. The van der Waals surface area contributed by atoms with Crippen molar-refractivity contribution >= 4 is 26.2 Å². The second-order valence-corrected chi connectivity index (χ2v) is 17.2. The van der Waals surface area contributed by atoms with Crippen molar-refractivity contribution in [2.45, 2.75) is 76.7 Å². The molecule has 0 radical (unpaired) electrons. The number of amides is 1. The fourth-order valence-electron chi connectivity index (χ4n) is 3.92. The molecule has 0 saturated carbocycles. The molecule has 2 heterocycles. The number of alkyl halides is 2. The number of rotatable bonds is 8. The van der Waals surface area contributed by atoms with E-state index < -0.39 is 44.6 Å². The number of piperidine rings is 1. The number of hydrogen-bond acceptors (Lipinski definition) is 8. The topological polar surface area (TPSA) is 93.1 Å². The summed E-state index contributed by atoms with van der Waals surface area (Å²) < 4.78 is 52.7. The van der Waals surface area contributed by atoms with Crippen molar-refractivity contribution in [2.24, 2.45) is 4.99 Å². The molecule has 2 unspecified atom stereocenters. The van der Waals surface area contributed by atoms with Gasteiger partial charge in [-0.2, -0.15) is 0 Å². The Bertz CT molecular complexity index is 996. The van der Waals surface area contributed by atoms with Crippen molar-refractivity contribution in [3.8, 4) is 11.5 Å². The summed E-state index contributed by atoms with van der Waals surface area (Å²) >= 11 is 0. The molecule has 1 fully saturated rings. The van der Waals surface area contributed by atoms with Crippen LogP contribution in [0.15, 0.2) is 17.1 Å². The average molecular weight is 544 g/mol. The third kappa shape index (κ3) is 7.54. The van der Waals surface area contributed by atoms with E-state index in [1.807, 2.05) is 0 Å². The maximum absolute atomic E-state index is 15.2. The third-order valence-corrected chi connectivity index (χ3v) is 7.66. The summed E-state index contributed by atoms with van der Waals surface area (Å²) in [6, 6.07) is 4.16. The number of benzene rings is 1. The maximum Gasteiger partial charge on any atom is 0.410 e. The highest BCUT2D eigenvalue weighted by molar-refractivity contribution is 6.76. The van der Waals surface area contributed by atoms with E-state index in [9.17, 15) is 9.90 Å². The van der Waals surface area contributed by atoms with Crippen molar-refractivity contribution in [3.05, 3.63) is 17.7 Å². The minimum Gasteiger partial charge on any atom is -0.493 e. The summed E-state index contributed by atoms with van der Waals surface area (Å²) in [4.78, 5) is 19.2. The number of methoxy groups -OCH3 is 1. The minimum absolute atomic E-state index is 0.00755. The molecule has 2 aliphatic rings. The fourth-order valence-corrected chi connectivity index (χ4v) is 4.68. The Morgan fingerprint density at radius 2 is 1.97 bits per heavy atom. The van der Waals surface area contributed by atoms with Gasteiger partial charge in [0.2, 0.25) is 0 Å². The Morgan fingerprint density at radius 3 is 2.57 bits per heavy atom. The van der Waals surface area contributed by atoms with Crippen molar-refractivity contribution in [1.29, 1.82) is 0 Å². The Labute approximate surface area is 218 Å². The zero-order chi connectivity index (χ0) is 27.6. The Balaban J connectivity index is 1.77. The van der Waals surface area contributed by atoms with Crippen LogP contribution in [0.4, 0.5) is 19.3 Å². The summed E-state index contributed by atoms with van der Waals surface area (Å²) in [5.74, 6) is -3.18. The number of aliphatic hydroxyl groups is 1. The summed E-state index contributed by atoms with van der Waals surface area (Å²) in [6.45, 7) is 11.6. The van der Waals surface area contributed by atoms with E-state index in [1.165, 1.54) is 18.3 Å². The number of likely N-dealkylation sites (tertiary alicyclic amines) is 1. The van der Waals surface area contributed by atoms with Crippen LogP contribution in [0, 0.1) is 0 Å². The molecule has 12 heteroatoms. The van der Waals surface area contributed by atoms with Crippen LogP contribution in [-0.2, 0) is 9.47 Å². The van der Waals surface area contributed by atoms with Crippen molar-refractivity contribution in [2.75, 3.05) is 33.5 Å². The van der Waals surface area contributed by atoms with Crippen LogP contribution < -0.4 is 9.47 Å². The second-order valence-electron chi connectivity index (χ2n) is 11.6. The number of carbonyl (C=O) groups is 1. The highest BCUT2D eigenvalue weighted by atomic mass is 28.3. The predicted octanol–water partition coefficient (Wildman–Crippen LogP) is 5.00. The molecule has 0 bridgehead atoms. The molecule has 1 saturated heterocycles. The quantitative estimate of drug-likeness (QED) is 0.364. The number of aliphatic imine (C=N–C) groups is 1. The highest BCUT2D eigenvalue weighted by Crippen LogP contribution is 2.46. The van der Waals surface area contributed by atoms with Crippen molar-refractivity contribution in [3.63, 3.8) is 0 Å². The van der Waals surface area contributed by atoms with Gasteiger partial charge < -0.3 is 33.9 Å².